The molecule has 1 aromatic carbocycles. The van der Waals surface area contributed by atoms with Gasteiger partial charge in [-0.3, -0.25) is 0 Å². The van der Waals surface area contributed by atoms with Gasteiger partial charge in [0.25, 0.3) is 0 Å². The van der Waals surface area contributed by atoms with Crippen molar-refractivity contribution < 1.29 is 4.68 Å². The van der Waals surface area contributed by atoms with Crippen LogP contribution in [0.5, 0.6) is 0 Å². The lowest BCUT2D eigenvalue weighted by Crippen LogP contribution is -2.49. The smallest absolute Gasteiger partial charge is 0.133 e. The maximum absolute atomic E-state index is 4.81. The first-order chi connectivity index (χ1) is 10.6. The summed E-state index contributed by atoms with van der Waals surface area (Å²) in [6.07, 6.45) is 6.18. The molecule has 1 heterocycles. The summed E-state index contributed by atoms with van der Waals surface area (Å²) in [7, 11) is 2.05. The molecule has 118 valence electrons. The normalized spacial score (nSPS) is 25.6. The zero-order chi connectivity index (χ0) is 15.7. The molecule has 1 aromatic heterocycles. The monoisotopic (exact) mass is 298 g/mol. The van der Waals surface area contributed by atoms with E-state index in [0.717, 1.165) is 11.8 Å². The van der Waals surface area contributed by atoms with Gasteiger partial charge in [0.15, 0.2) is 11.9 Å². The molecule has 1 aliphatic rings. The number of nitrogens with zero attached hydrogens (tertiary/aromatic N) is 3. The average molecular weight is 298 g/mol. The summed E-state index contributed by atoms with van der Waals surface area (Å²) in [5.74, 6) is 2.25. The van der Waals surface area contributed by atoms with Gasteiger partial charge in [0.05, 0.1) is 5.21 Å². The Morgan fingerprint density at radius 2 is 1.91 bits per heavy atom. The first-order valence-corrected chi connectivity index (χ1v) is 8.57. The van der Waals surface area contributed by atoms with Crippen LogP contribution in [0.15, 0.2) is 36.5 Å². The highest BCUT2D eigenvalue weighted by molar-refractivity contribution is 5.57. The predicted molar refractivity (Wildman–Crippen MR) is 89.2 cm³/mol. The summed E-state index contributed by atoms with van der Waals surface area (Å²) in [5, 5.41) is 4.81. The van der Waals surface area contributed by atoms with Crippen LogP contribution in [-0.4, -0.2) is 9.90 Å². The third kappa shape index (κ3) is 2.94. The summed E-state index contributed by atoms with van der Waals surface area (Å²) in [5.41, 5.74) is 2.43. The van der Waals surface area contributed by atoms with E-state index in [0.29, 0.717) is 12.0 Å². The van der Waals surface area contributed by atoms with Crippen molar-refractivity contribution in [3.05, 3.63) is 36.5 Å². The quantitative estimate of drug-likeness (QED) is 0.785. The molecule has 22 heavy (non-hydrogen) atoms. The van der Waals surface area contributed by atoms with Crippen molar-refractivity contribution in [1.29, 1.82) is 0 Å². The fraction of sp³-hybridized carbons (Fsp3) is 0.579. The molecule has 1 aliphatic carbocycles. The molecular weight excluding hydrogens is 270 g/mol. The summed E-state index contributed by atoms with van der Waals surface area (Å²) in [6, 6.07) is 11.1. The van der Waals surface area contributed by atoms with E-state index in [1.807, 2.05) is 4.68 Å². The second kappa shape index (κ2) is 6.23. The molecule has 3 rings (SSSR count). The summed E-state index contributed by atoms with van der Waals surface area (Å²) in [4.78, 5) is 0. The number of rotatable bonds is 3. The van der Waals surface area contributed by atoms with Gasteiger partial charge < -0.3 is 0 Å². The van der Waals surface area contributed by atoms with Gasteiger partial charge in [-0.15, -0.1) is 9.36 Å². The zero-order valence-corrected chi connectivity index (χ0v) is 14.2. The molecule has 0 saturated heterocycles. The van der Waals surface area contributed by atoms with Crippen LogP contribution in [0.1, 0.15) is 46.1 Å². The summed E-state index contributed by atoms with van der Waals surface area (Å²) in [6.45, 7) is 7.09. The molecule has 0 N–H and O–H groups in total. The van der Waals surface area contributed by atoms with Crippen LogP contribution in [0.3, 0.4) is 0 Å². The number of aromatic nitrogens is 3. The van der Waals surface area contributed by atoms with E-state index in [2.05, 4.69) is 69.0 Å². The van der Waals surface area contributed by atoms with Gasteiger partial charge in [0.2, 0.25) is 0 Å². The third-order valence-corrected chi connectivity index (χ3v) is 5.24. The van der Waals surface area contributed by atoms with Crippen molar-refractivity contribution in [2.75, 3.05) is 0 Å². The molecule has 3 heteroatoms. The van der Waals surface area contributed by atoms with Crippen molar-refractivity contribution in [2.45, 2.75) is 46.1 Å². The molecule has 0 unspecified atom stereocenters. The first-order valence-electron chi connectivity index (χ1n) is 8.57. The average Bonchev–Trinajstić information content (AvgIpc) is 2.89. The van der Waals surface area contributed by atoms with Crippen molar-refractivity contribution in [3.63, 3.8) is 0 Å². The van der Waals surface area contributed by atoms with E-state index in [9.17, 15) is 0 Å². The van der Waals surface area contributed by atoms with Crippen molar-refractivity contribution in [2.24, 2.45) is 24.8 Å². The van der Waals surface area contributed by atoms with Crippen LogP contribution in [0.4, 0.5) is 0 Å². The lowest BCUT2D eigenvalue weighted by atomic mass is 9.74. The second-order valence-electron chi connectivity index (χ2n) is 7.27. The Morgan fingerprint density at radius 3 is 2.59 bits per heavy atom. The van der Waals surface area contributed by atoms with Gasteiger partial charge in [-0.05, 0) is 24.7 Å². The van der Waals surface area contributed by atoms with E-state index < -0.39 is 0 Å². The van der Waals surface area contributed by atoms with Gasteiger partial charge in [-0.25, -0.2) is 0 Å². The maximum Gasteiger partial charge on any atom is 0.197 e. The van der Waals surface area contributed by atoms with Crippen molar-refractivity contribution in [1.82, 2.24) is 9.90 Å². The SMILES string of the molecule is CC(C)[C@H]1CC[C@H](C)C[C@H]1[n+]1cc(-c2ccccc2)n(C)n1. The van der Waals surface area contributed by atoms with Crippen molar-refractivity contribution in [3.8, 4) is 11.3 Å². The first kappa shape index (κ1) is 15.3. The fourth-order valence-electron chi connectivity index (χ4n) is 3.93. The Hall–Kier alpha value is -1.64. The van der Waals surface area contributed by atoms with Gasteiger partial charge in [0, 0.05) is 11.5 Å². The molecule has 0 amide bonds. The fourth-order valence-corrected chi connectivity index (χ4v) is 3.93. The van der Waals surface area contributed by atoms with Crippen LogP contribution >= 0.6 is 0 Å². The maximum atomic E-state index is 4.81. The Morgan fingerprint density at radius 1 is 1.18 bits per heavy atom. The minimum Gasteiger partial charge on any atom is -0.133 e. The topological polar surface area (TPSA) is 21.7 Å². The number of benzene rings is 1. The van der Waals surface area contributed by atoms with Gasteiger partial charge >= 0.3 is 0 Å². The Bertz CT molecular complexity index is 615. The van der Waals surface area contributed by atoms with Gasteiger partial charge in [-0.1, -0.05) is 57.5 Å². The van der Waals surface area contributed by atoms with E-state index in [1.165, 1.54) is 30.5 Å². The molecule has 2 aromatic rings. The van der Waals surface area contributed by atoms with Gasteiger partial charge in [0.1, 0.15) is 13.1 Å². The Balaban J connectivity index is 1.94. The molecule has 3 nitrogen and oxygen atoms in total. The summed E-state index contributed by atoms with van der Waals surface area (Å²) >= 11 is 0. The highest BCUT2D eigenvalue weighted by Gasteiger charge is 2.36. The molecule has 1 saturated carbocycles. The standard InChI is InChI=1S/C19H28N3/c1-14(2)17-11-10-15(3)12-18(17)22-13-19(21(4)20-22)16-8-6-5-7-9-16/h5-9,13-15,17-18H,10-12H2,1-4H3/q+1/t15-,17+,18+/m0/s1. The lowest BCUT2D eigenvalue weighted by molar-refractivity contribution is -0.788. The van der Waals surface area contributed by atoms with Gasteiger partial charge in [-0.2, -0.15) is 0 Å². The molecule has 0 radical (unpaired) electrons. The lowest BCUT2D eigenvalue weighted by Gasteiger charge is -2.34. The number of hydrogen-bond donors (Lipinski definition) is 0. The van der Waals surface area contributed by atoms with E-state index in [4.69, 9.17) is 5.21 Å². The second-order valence-corrected chi connectivity index (χ2v) is 7.27. The van der Waals surface area contributed by atoms with Crippen molar-refractivity contribution >= 4 is 0 Å². The summed E-state index contributed by atoms with van der Waals surface area (Å²) < 4.78 is 4.26. The highest BCUT2D eigenvalue weighted by atomic mass is 15.5. The van der Waals surface area contributed by atoms with E-state index >= 15 is 0 Å². The van der Waals surface area contributed by atoms with Crippen LogP contribution in [0.2, 0.25) is 0 Å². The third-order valence-electron chi connectivity index (χ3n) is 5.24. The van der Waals surface area contributed by atoms with Crippen LogP contribution in [0.25, 0.3) is 11.3 Å². The zero-order valence-electron chi connectivity index (χ0n) is 14.2. The van der Waals surface area contributed by atoms with Crippen LogP contribution in [-0.2, 0) is 7.05 Å². The minimum atomic E-state index is 0.535. The number of hydrogen-bond acceptors (Lipinski definition) is 1. The number of aryl methyl sites for hydroxylation is 1. The van der Waals surface area contributed by atoms with E-state index in [1.54, 1.807) is 0 Å². The van der Waals surface area contributed by atoms with Crippen LogP contribution < -0.4 is 4.68 Å². The molecular formula is C19H28N3+. The highest BCUT2D eigenvalue weighted by Crippen LogP contribution is 2.38. The Labute approximate surface area is 134 Å². The predicted octanol–water partition coefficient (Wildman–Crippen LogP) is 4.01. The van der Waals surface area contributed by atoms with Crippen LogP contribution in [0, 0.1) is 17.8 Å². The molecule has 3 atom stereocenters. The molecule has 0 bridgehead atoms. The molecule has 1 fully saturated rings. The van der Waals surface area contributed by atoms with E-state index in [-0.39, 0.29) is 0 Å². The minimum absolute atomic E-state index is 0.535. The largest absolute Gasteiger partial charge is 0.197 e. The molecule has 0 aliphatic heterocycles. The Kier molecular flexibility index (Phi) is 4.32. The molecule has 0 spiro atoms.